The average Bonchev–Trinajstić information content (AvgIpc) is 2.27. The van der Waals surface area contributed by atoms with E-state index < -0.39 is 35.8 Å². The van der Waals surface area contributed by atoms with Crippen molar-refractivity contribution in [3.63, 3.8) is 0 Å². The standard InChI is InChI=1S/C12H21N3O4/c13-9(16)6-8(11(18)19)15-10(17)7-12(14)4-2-1-3-5-12/h8H,1-7,14H2,(H2,13,16)(H,15,17)(H,18,19)/t8-/m0/s1. The van der Waals surface area contributed by atoms with Gasteiger partial charge in [0.05, 0.1) is 6.42 Å². The molecule has 0 bridgehead atoms. The molecule has 6 N–H and O–H groups in total. The molecule has 0 aromatic rings. The van der Waals surface area contributed by atoms with Gasteiger partial charge in [0, 0.05) is 12.0 Å². The molecular formula is C12H21N3O4. The lowest BCUT2D eigenvalue weighted by molar-refractivity contribution is -0.143. The number of hydrogen-bond acceptors (Lipinski definition) is 4. The SMILES string of the molecule is NC(=O)C[C@H](NC(=O)CC1(N)CCCCC1)C(=O)O. The molecule has 7 heteroatoms. The molecule has 1 rings (SSSR count). The Morgan fingerprint density at radius 2 is 1.79 bits per heavy atom. The molecule has 1 atom stereocenters. The summed E-state index contributed by atoms with van der Waals surface area (Å²) in [4.78, 5) is 33.4. The Labute approximate surface area is 111 Å². The van der Waals surface area contributed by atoms with Gasteiger partial charge in [-0.25, -0.2) is 4.79 Å². The van der Waals surface area contributed by atoms with Crippen LogP contribution in [0.25, 0.3) is 0 Å². The molecule has 0 spiro atoms. The van der Waals surface area contributed by atoms with Crippen LogP contribution in [0.4, 0.5) is 0 Å². The van der Waals surface area contributed by atoms with E-state index >= 15 is 0 Å². The zero-order valence-electron chi connectivity index (χ0n) is 10.9. The minimum atomic E-state index is -1.28. The average molecular weight is 271 g/mol. The van der Waals surface area contributed by atoms with Crippen LogP contribution in [-0.2, 0) is 14.4 Å². The first-order valence-corrected chi connectivity index (χ1v) is 6.42. The normalized spacial score (nSPS) is 19.4. The van der Waals surface area contributed by atoms with E-state index in [1.807, 2.05) is 0 Å². The Morgan fingerprint density at radius 1 is 1.21 bits per heavy atom. The van der Waals surface area contributed by atoms with Gasteiger partial charge in [0.15, 0.2) is 0 Å². The molecule has 0 unspecified atom stereocenters. The Balaban J connectivity index is 2.52. The van der Waals surface area contributed by atoms with Gasteiger partial charge >= 0.3 is 5.97 Å². The smallest absolute Gasteiger partial charge is 0.326 e. The number of carboxylic acids is 1. The van der Waals surface area contributed by atoms with Crippen molar-refractivity contribution in [2.45, 2.75) is 56.5 Å². The molecule has 2 amide bonds. The van der Waals surface area contributed by atoms with Crippen molar-refractivity contribution in [1.82, 2.24) is 5.32 Å². The van der Waals surface area contributed by atoms with E-state index in [-0.39, 0.29) is 6.42 Å². The highest BCUT2D eigenvalue weighted by Crippen LogP contribution is 2.28. The highest BCUT2D eigenvalue weighted by atomic mass is 16.4. The molecule has 1 fully saturated rings. The van der Waals surface area contributed by atoms with Crippen LogP contribution in [0.1, 0.15) is 44.9 Å². The third-order valence-corrected chi connectivity index (χ3v) is 3.40. The molecule has 1 saturated carbocycles. The summed E-state index contributed by atoms with van der Waals surface area (Å²) in [5.41, 5.74) is 10.5. The second kappa shape index (κ2) is 6.51. The first-order chi connectivity index (χ1) is 8.82. The molecule has 0 aromatic heterocycles. The molecule has 1 aliphatic carbocycles. The van der Waals surface area contributed by atoms with E-state index in [1.54, 1.807) is 0 Å². The molecule has 19 heavy (non-hydrogen) atoms. The Morgan fingerprint density at radius 3 is 2.26 bits per heavy atom. The second-order valence-corrected chi connectivity index (χ2v) is 5.23. The number of amides is 2. The zero-order valence-corrected chi connectivity index (χ0v) is 10.9. The molecule has 0 aromatic carbocycles. The predicted molar refractivity (Wildman–Crippen MR) is 68.0 cm³/mol. The number of carbonyl (C=O) groups is 3. The minimum absolute atomic E-state index is 0.0789. The minimum Gasteiger partial charge on any atom is -0.480 e. The fourth-order valence-corrected chi connectivity index (χ4v) is 2.40. The van der Waals surface area contributed by atoms with E-state index in [0.717, 1.165) is 32.1 Å². The largest absolute Gasteiger partial charge is 0.480 e. The summed E-state index contributed by atoms with van der Waals surface area (Å²) < 4.78 is 0. The lowest BCUT2D eigenvalue weighted by Gasteiger charge is -2.33. The van der Waals surface area contributed by atoms with Gasteiger partial charge in [-0.2, -0.15) is 0 Å². The fraction of sp³-hybridized carbons (Fsp3) is 0.750. The molecule has 1 aliphatic rings. The van der Waals surface area contributed by atoms with E-state index in [2.05, 4.69) is 5.32 Å². The first-order valence-electron chi connectivity index (χ1n) is 6.42. The summed E-state index contributed by atoms with van der Waals surface area (Å²) in [5, 5.41) is 11.2. The Bertz CT molecular complexity index is 364. The summed E-state index contributed by atoms with van der Waals surface area (Å²) in [5.74, 6) is -2.49. The van der Waals surface area contributed by atoms with Crippen LogP contribution in [0.3, 0.4) is 0 Å². The van der Waals surface area contributed by atoms with Crippen molar-refractivity contribution in [1.29, 1.82) is 0 Å². The monoisotopic (exact) mass is 271 g/mol. The van der Waals surface area contributed by atoms with Crippen molar-refractivity contribution >= 4 is 17.8 Å². The summed E-state index contributed by atoms with van der Waals surface area (Å²) in [6.45, 7) is 0. The van der Waals surface area contributed by atoms with Gasteiger partial charge in [0.1, 0.15) is 6.04 Å². The topological polar surface area (TPSA) is 136 Å². The van der Waals surface area contributed by atoms with Gasteiger partial charge in [-0.05, 0) is 12.8 Å². The van der Waals surface area contributed by atoms with Crippen molar-refractivity contribution in [2.24, 2.45) is 11.5 Å². The summed E-state index contributed by atoms with van der Waals surface area (Å²) >= 11 is 0. The van der Waals surface area contributed by atoms with Crippen LogP contribution in [-0.4, -0.2) is 34.5 Å². The van der Waals surface area contributed by atoms with Crippen LogP contribution < -0.4 is 16.8 Å². The highest BCUT2D eigenvalue weighted by Gasteiger charge is 2.31. The number of nitrogens with two attached hydrogens (primary N) is 2. The van der Waals surface area contributed by atoms with Crippen LogP contribution in [0, 0.1) is 0 Å². The molecule has 108 valence electrons. The Kier molecular flexibility index (Phi) is 5.29. The van der Waals surface area contributed by atoms with Crippen LogP contribution in [0.15, 0.2) is 0 Å². The zero-order chi connectivity index (χ0) is 14.5. The maximum Gasteiger partial charge on any atom is 0.326 e. The van der Waals surface area contributed by atoms with E-state index in [1.165, 1.54) is 0 Å². The lowest BCUT2D eigenvalue weighted by atomic mass is 9.80. The number of rotatable bonds is 6. The molecule has 0 aliphatic heterocycles. The molecule has 0 saturated heterocycles. The fourth-order valence-electron chi connectivity index (χ4n) is 2.40. The lowest BCUT2D eigenvalue weighted by Crippen LogP contribution is -2.49. The molecular weight excluding hydrogens is 250 g/mol. The van der Waals surface area contributed by atoms with Gasteiger partial charge in [0.2, 0.25) is 11.8 Å². The van der Waals surface area contributed by atoms with Gasteiger partial charge in [-0.1, -0.05) is 19.3 Å². The predicted octanol–water partition coefficient (Wildman–Crippen LogP) is -0.517. The van der Waals surface area contributed by atoms with Crippen LogP contribution in [0.2, 0.25) is 0 Å². The van der Waals surface area contributed by atoms with Crippen molar-refractivity contribution < 1.29 is 19.5 Å². The van der Waals surface area contributed by atoms with E-state index in [4.69, 9.17) is 16.6 Å². The maximum absolute atomic E-state index is 11.8. The quantitative estimate of drug-likeness (QED) is 0.515. The number of primary amides is 1. The third-order valence-electron chi connectivity index (χ3n) is 3.40. The maximum atomic E-state index is 11.8. The summed E-state index contributed by atoms with van der Waals surface area (Å²) in [6, 6.07) is -1.28. The highest BCUT2D eigenvalue weighted by molar-refractivity contribution is 5.88. The van der Waals surface area contributed by atoms with Crippen LogP contribution >= 0.6 is 0 Å². The molecule has 0 heterocycles. The summed E-state index contributed by atoms with van der Waals surface area (Å²) in [7, 11) is 0. The van der Waals surface area contributed by atoms with Crippen molar-refractivity contribution in [3.8, 4) is 0 Å². The van der Waals surface area contributed by atoms with Crippen molar-refractivity contribution in [2.75, 3.05) is 0 Å². The summed E-state index contributed by atoms with van der Waals surface area (Å²) in [6.07, 6.45) is 4.25. The third kappa shape index (κ3) is 5.25. The number of carboxylic acid groups (broad SMARTS) is 1. The first kappa shape index (κ1) is 15.4. The van der Waals surface area contributed by atoms with Gasteiger partial charge in [-0.3, -0.25) is 9.59 Å². The number of aliphatic carboxylic acids is 1. The number of carbonyl (C=O) groups excluding carboxylic acids is 2. The second-order valence-electron chi connectivity index (χ2n) is 5.23. The van der Waals surface area contributed by atoms with Gasteiger partial charge in [0.25, 0.3) is 0 Å². The Hall–Kier alpha value is -1.63. The van der Waals surface area contributed by atoms with E-state index in [0.29, 0.717) is 0 Å². The van der Waals surface area contributed by atoms with Crippen molar-refractivity contribution in [3.05, 3.63) is 0 Å². The van der Waals surface area contributed by atoms with Gasteiger partial charge in [-0.15, -0.1) is 0 Å². The molecule has 0 radical (unpaired) electrons. The number of nitrogens with one attached hydrogen (secondary N) is 1. The number of hydrogen-bond donors (Lipinski definition) is 4. The van der Waals surface area contributed by atoms with Gasteiger partial charge < -0.3 is 21.9 Å². The molecule has 7 nitrogen and oxygen atoms in total. The van der Waals surface area contributed by atoms with Crippen LogP contribution in [0.5, 0.6) is 0 Å². The van der Waals surface area contributed by atoms with E-state index in [9.17, 15) is 14.4 Å².